The summed E-state index contributed by atoms with van der Waals surface area (Å²) in [4.78, 5) is 13.7. The fraction of sp³-hybridized carbons (Fsp3) is 0.357. The Morgan fingerprint density at radius 2 is 2.18 bits per heavy atom. The lowest BCUT2D eigenvalue weighted by molar-refractivity contribution is -0.127. The van der Waals surface area contributed by atoms with Crippen molar-refractivity contribution in [3.63, 3.8) is 0 Å². The van der Waals surface area contributed by atoms with Gasteiger partial charge >= 0.3 is 0 Å². The van der Waals surface area contributed by atoms with Gasteiger partial charge in [0, 0.05) is 37.2 Å². The van der Waals surface area contributed by atoms with E-state index in [1.807, 2.05) is 42.2 Å². The Bertz CT molecular complexity index is 444. The van der Waals surface area contributed by atoms with Gasteiger partial charge in [-0.1, -0.05) is 24.1 Å². The molecule has 1 N–H and O–H groups in total. The average Bonchev–Trinajstić information content (AvgIpc) is 2.38. The molecule has 1 aliphatic heterocycles. The van der Waals surface area contributed by atoms with E-state index in [2.05, 4.69) is 17.2 Å². The highest BCUT2D eigenvalue weighted by Crippen LogP contribution is 2.02. The van der Waals surface area contributed by atoms with Crippen LogP contribution in [0.3, 0.4) is 0 Å². The van der Waals surface area contributed by atoms with Crippen LogP contribution in [0.4, 0.5) is 0 Å². The first-order valence-corrected chi connectivity index (χ1v) is 5.86. The third kappa shape index (κ3) is 3.08. The molecule has 3 heteroatoms. The number of benzene rings is 1. The Morgan fingerprint density at radius 1 is 1.41 bits per heavy atom. The van der Waals surface area contributed by atoms with Crippen LogP contribution >= 0.6 is 0 Å². The second kappa shape index (κ2) is 5.51. The van der Waals surface area contributed by atoms with Gasteiger partial charge in [0.2, 0.25) is 0 Å². The van der Waals surface area contributed by atoms with E-state index in [9.17, 15) is 4.79 Å². The Kier molecular flexibility index (Phi) is 3.79. The molecule has 1 atom stereocenters. The van der Waals surface area contributed by atoms with Crippen LogP contribution in [-0.2, 0) is 4.79 Å². The van der Waals surface area contributed by atoms with Crippen LogP contribution in [0.1, 0.15) is 12.5 Å². The Hall–Kier alpha value is -1.79. The maximum absolute atomic E-state index is 11.9. The van der Waals surface area contributed by atoms with Crippen molar-refractivity contribution < 1.29 is 4.79 Å². The zero-order valence-electron chi connectivity index (χ0n) is 9.94. The fourth-order valence-corrected chi connectivity index (χ4v) is 1.86. The van der Waals surface area contributed by atoms with Gasteiger partial charge in [-0.15, -0.1) is 0 Å². The van der Waals surface area contributed by atoms with Crippen molar-refractivity contribution in [1.82, 2.24) is 10.2 Å². The SMILES string of the molecule is C[C@H]1CNCCN1C(=O)C#Cc1ccccc1. The number of carbonyl (C=O) groups is 1. The van der Waals surface area contributed by atoms with Crippen LogP contribution < -0.4 is 5.32 Å². The van der Waals surface area contributed by atoms with Crippen molar-refractivity contribution in [2.24, 2.45) is 0 Å². The minimum absolute atomic E-state index is 0.0807. The van der Waals surface area contributed by atoms with Crippen molar-refractivity contribution in [3.8, 4) is 11.8 Å². The summed E-state index contributed by atoms with van der Waals surface area (Å²) in [5.74, 6) is 5.53. The van der Waals surface area contributed by atoms with E-state index < -0.39 is 0 Å². The maximum atomic E-state index is 11.9. The molecule has 1 aliphatic rings. The number of nitrogens with zero attached hydrogens (tertiary/aromatic N) is 1. The Morgan fingerprint density at radius 3 is 2.88 bits per heavy atom. The van der Waals surface area contributed by atoms with E-state index >= 15 is 0 Å². The van der Waals surface area contributed by atoms with Crippen LogP contribution in [-0.4, -0.2) is 36.5 Å². The first kappa shape index (κ1) is 11.7. The second-order valence-electron chi connectivity index (χ2n) is 4.17. The zero-order chi connectivity index (χ0) is 12.1. The summed E-state index contributed by atoms with van der Waals surface area (Å²) < 4.78 is 0. The summed E-state index contributed by atoms with van der Waals surface area (Å²) in [7, 11) is 0. The summed E-state index contributed by atoms with van der Waals surface area (Å²) in [5, 5.41) is 3.25. The summed E-state index contributed by atoms with van der Waals surface area (Å²) in [6.07, 6.45) is 0. The van der Waals surface area contributed by atoms with Gasteiger partial charge in [-0.2, -0.15) is 0 Å². The smallest absolute Gasteiger partial charge is 0.299 e. The van der Waals surface area contributed by atoms with Gasteiger partial charge in [-0.25, -0.2) is 0 Å². The van der Waals surface area contributed by atoms with Crippen LogP contribution in [0.25, 0.3) is 0 Å². The van der Waals surface area contributed by atoms with Crippen LogP contribution in [0.5, 0.6) is 0 Å². The molecule has 0 aromatic heterocycles. The normalized spacial score (nSPS) is 19.4. The molecule has 1 fully saturated rings. The lowest BCUT2D eigenvalue weighted by Crippen LogP contribution is -2.51. The highest BCUT2D eigenvalue weighted by atomic mass is 16.2. The van der Waals surface area contributed by atoms with Crippen LogP contribution in [0.15, 0.2) is 30.3 Å². The quantitative estimate of drug-likeness (QED) is 0.668. The van der Waals surface area contributed by atoms with Gasteiger partial charge in [0.05, 0.1) is 0 Å². The van der Waals surface area contributed by atoms with Gasteiger partial charge in [0.15, 0.2) is 0 Å². The molecule has 17 heavy (non-hydrogen) atoms. The molecule has 0 saturated carbocycles. The highest BCUT2D eigenvalue weighted by molar-refractivity contribution is 5.94. The van der Waals surface area contributed by atoms with E-state index in [1.54, 1.807) is 0 Å². The lowest BCUT2D eigenvalue weighted by Gasteiger charge is -2.32. The van der Waals surface area contributed by atoms with E-state index in [4.69, 9.17) is 0 Å². The van der Waals surface area contributed by atoms with E-state index in [-0.39, 0.29) is 11.9 Å². The number of carbonyl (C=O) groups excluding carboxylic acids is 1. The summed E-state index contributed by atoms with van der Waals surface area (Å²) in [6, 6.07) is 9.80. The molecule has 0 spiro atoms. The number of piperazine rings is 1. The van der Waals surface area contributed by atoms with E-state index in [0.717, 1.165) is 25.2 Å². The van der Waals surface area contributed by atoms with Gasteiger partial charge in [0.1, 0.15) is 0 Å². The minimum atomic E-state index is -0.0807. The number of hydrogen-bond donors (Lipinski definition) is 1. The first-order chi connectivity index (χ1) is 8.27. The molecule has 1 amide bonds. The molecule has 0 bridgehead atoms. The fourth-order valence-electron chi connectivity index (χ4n) is 1.86. The largest absolute Gasteiger partial charge is 0.327 e. The van der Waals surface area contributed by atoms with Gasteiger partial charge in [0.25, 0.3) is 5.91 Å². The standard InChI is InChI=1S/C14H16N2O/c1-12-11-15-9-10-16(12)14(17)8-7-13-5-3-2-4-6-13/h2-6,12,15H,9-11H2,1H3/t12-/m0/s1. The van der Waals surface area contributed by atoms with E-state index in [1.165, 1.54) is 0 Å². The van der Waals surface area contributed by atoms with Crippen LogP contribution in [0, 0.1) is 11.8 Å². The molecule has 88 valence electrons. The van der Waals surface area contributed by atoms with Crippen molar-refractivity contribution in [3.05, 3.63) is 35.9 Å². The van der Waals surface area contributed by atoms with Crippen molar-refractivity contribution in [1.29, 1.82) is 0 Å². The molecule has 1 heterocycles. The third-order valence-corrected chi connectivity index (χ3v) is 2.85. The second-order valence-corrected chi connectivity index (χ2v) is 4.17. The minimum Gasteiger partial charge on any atom is -0.327 e. The number of hydrogen-bond acceptors (Lipinski definition) is 2. The molecule has 0 radical (unpaired) electrons. The predicted molar refractivity (Wildman–Crippen MR) is 67.4 cm³/mol. The van der Waals surface area contributed by atoms with Crippen molar-refractivity contribution in [2.75, 3.05) is 19.6 Å². The molecular weight excluding hydrogens is 212 g/mol. The molecule has 0 aliphatic carbocycles. The maximum Gasteiger partial charge on any atom is 0.299 e. The van der Waals surface area contributed by atoms with Gasteiger partial charge < -0.3 is 10.2 Å². The average molecular weight is 228 g/mol. The predicted octanol–water partition coefficient (Wildman–Crippen LogP) is 0.858. The monoisotopic (exact) mass is 228 g/mol. The van der Waals surface area contributed by atoms with Crippen molar-refractivity contribution >= 4 is 5.91 Å². The molecule has 1 saturated heterocycles. The molecule has 3 nitrogen and oxygen atoms in total. The topological polar surface area (TPSA) is 32.3 Å². The third-order valence-electron chi connectivity index (χ3n) is 2.85. The highest BCUT2D eigenvalue weighted by Gasteiger charge is 2.21. The number of amides is 1. The number of nitrogens with one attached hydrogen (secondary N) is 1. The Labute approximate surface area is 102 Å². The molecule has 0 unspecified atom stereocenters. The van der Waals surface area contributed by atoms with E-state index in [0.29, 0.717) is 0 Å². The zero-order valence-corrected chi connectivity index (χ0v) is 9.94. The van der Waals surface area contributed by atoms with Crippen LogP contribution in [0.2, 0.25) is 0 Å². The summed E-state index contributed by atoms with van der Waals surface area (Å²) in [6.45, 7) is 4.47. The first-order valence-electron chi connectivity index (χ1n) is 5.86. The Balaban J connectivity index is 2.04. The molecule has 1 aromatic rings. The number of rotatable bonds is 0. The summed E-state index contributed by atoms with van der Waals surface area (Å²) >= 11 is 0. The molecular formula is C14H16N2O. The molecule has 1 aromatic carbocycles. The van der Waals surface area contributed by atoms with Crippen molar-refractivity contribution in [2.45, 2.75) is 13.0 Å². The summed E-state index contributed by atoms with van der Waals surface area (Å²) in [5.41, 5.74) is 0.878. The van der Waals surface area contributed by atoms with Gasteiger partial charge in [-0.3, -0.25) is 4.79 Å². The molecule has 2 rings (SSSR count). The lowest BCUT2D eigenvalue weighted by atomic mass is 10.2. The van der Waals surface area contributed by atoms with Gasteiger partial charge in [-0.05, 0) is 19.1 Å².